The molecule has 3 N–H and O–H groups in total. The summed E-state index contributed by atoms with van der Waals surface area (Å²) in [6.45, 7) is 0. The molecule has 0 aromatic carbocycles. The molecule has 0 fully saturated rings. The van der Waals surface area contributed by atoms with Crippen molar-refractivity contribution < 1.29 is 14.4 Å². The van der Waals surface area contributed by atoms with Crippen LogP contribution in [0.5, 0.6) is 5.88 Å². The zero-order chi connectivity index (χ0) is 12.3. The Balaban J connectivity index is 2.45. The first-order chi connectivity index (χ1) is 8.26. The molecule has 88 valence electrons. The van der Waals surface area contributed by atoms with Crippen molar-refractivity contribution in [2.75, 3.05) is 7.11 Å². The molecule has 0 radical (unpaired) electrons. The largest absolute Gasteiger partial charge is 0.481 e. The van der Waals surface area contributed by atoms with Gasteiger partial charge < -0.3 is 9.57 Å². The Morgan fingerprint density at radius 1 is 1.47 bits per heavy atom. The van der Waals surface area contributed by atoms with E-state index in [-0.39, 0.29) is 5.69 Å². The number of nitrogens with zero attached hydrogens (tertiary/aromatic N) is 2. The van der Waals surface area contributed by atoms with Crippen molar-refractivity contribution >= 4 is 5.97 Å². The first-order valence-electron chi connectivity index (χ1n) is 4.72. The van der Waals surface area contributed by atoms with E-state index in [2.05, 4.69) is 20.0 Å². The lowest BCUT2D eigenvalue weighted by molar-refractivity contribution is 0.0497. The van der Waals surface area contributed by atoms with Crippen molar-refractivity contribution in [1.82, 2.24) is 15.2 Å². The smallest absolute Gasteiger partial charge is 0.375 e. The molecule has 0 bridgehead atoms. The van der Waals surface area contributed by atoms with E-state index in [0.717, 1.165) is 0 Å². The van der Waals surface area contributed by atoms with Crippen molar-refractivity contribution in [3.63, 3.8) is 0 Å². The summed E-state index contributed by atoms with van der Waals surface area (Å²) in [5, 5.41) is 6.27. The third-order valence-corrected chi connectivity index (χ3v) is 2.16. The second-order valence-electron chi connectivity index (χ2n) is 3.13. The number of H-pyrrole nitrogens is 1. The lowest BCUT2D eigenvalue weighted by Gasteiger charge is -2.02. The highest BCUT2D eigenvalue weighted by atomic mass is 16.7. The first kappa shape index (κ1) is 11.1. The van der Waals surface area contributed by atoms with Crippen molar-refractivity contribution in [1.29, 1.82) is 0 Å². The summed E-state index contributed by atoms with van der Waals surface area (Å²) >= 11 is 0. The van der Waals surface area contributed by atoms with Gasteiger partial charge in [-0.25, -0.2) is 9.78 Å². The average molecular weight is 234 g/mol. The van der Waals surface area contributed by atoms with Gasteiger partial charge >= 0.3 is 5.97 Å². The molecule has 2 aromatic rings. The third-order valence-electron chi connectivity index (χ3n) is 2.16. The van der Waals surface area contributed by atoms with Gasteiger partial charge in [-0.1, -0.05) is 6.07 Å². The van der Waals surface area contributed by atoms with Gasteiger partial charge in [-0.3, -0.25) is 5.10 Å². The van der Waals surface area contributed by atoms with E-state index >= 15 is 0 Å². The number of carbonyl (C=O) groups is 1. The summed E-state index contributed by atoms with van der Waals surface area (Å²) in [5.74, 6) is 4.56. The minimum Gasteiger partial charge on any atom is -0.481 e. The number of rotatable bonds is 3. The van der Waals surface area contributed by atoms with Crippen LogP contribution in [-0.2, 0) is 4.84 Å². The quantitative estimate of drug-likeness (QED) is 0.750. The van der Waals surface area contributed by atoms with Crippen LogP contribution in [0.15, 0.2) is 24.4 Å². The maximum Gasteiger partial charge on any atom is 0.375 e. The maximum atomic E-state index is 11.3. The van der Waals surface area contributed by atoms with E-state index in [4.69, 9.17) is 10.6 Å². The van der Waals surface area contributed by atoms with Crippen molar-refractivity contribution in [2.24, 2.45) is 5.90 Å². The van der Waals surface area contributed by atoms with Crippen LogP contribution in [0.4, 0.5) is 0 Å². The average Bonchev–Trinajstić information content (AvgIpc) is 2.87. The zero-order valence-electron chi connectivity index (χ0n) is 9.01. The van der Waals surface area contributed by atoms with E-state index in [1.165, 1.54) is 13.3 Å². The van der Waals surface area contributed by atoms with Crippen molar-refractivity contribution in [3.8, 4) is 17.1 Å². The van der Waals surface area contributed by atoms with Crippen LogP contribution in [0.25, 0.3) is 11.3 Å². The molecule has 0 unspecified atom stereocenters. The fraction of sp³-hybridized carbons (Fsp3) is 0.100. The number of aromatic amines is 1. The molecule has 2 heterocycles. The van der Waals surface area contributed by atoms with E-state index in [0.29, 0.717) is 17.1 Å². The number of aromatic nitrogens is 3. The van der Waals surface area contributed by atoms with Gasteiger partial charge in [0.1, 0.15) is 0 Å². The monoisotopic (exact) mass is 234 g/mol. The van der Waals surface area contributed by atoms with Crippen LogP contribution in [0.3, 0.4) is 0 Å². The lowest BCUT2D eigenvalue weighted by Crippen LogP contribution is -2.11. The molecular formula is C10H10N4O3. The highest BCUT2D eigenvalue weighted by molar-refractivity contribution is 5.94. The Kier molecular flexibility index (Phi) is 3.01. The molecule has 0 aliphatic heterocycles. The van der Waals surface area contributed by atoms with Gasteiger partial charge in [-0.05, 0) is 6.07 Å². The van der Waals surface area contributed by atoms with Gasteiger partial charge in [-0.15, -0.1) is 0 Å². The summed E-state index contributed by atoms with van der Waals surface area (Å²) in [6, 6.07) is 5.18. The highest BCUT2D eigenvalue weighted by Gasteiger charge is 2.17. The summed E-state index contributed by atoms with van der Waals surface area (Å²) in [5.41, 5.74) is 1.19. The fourth-order valence-corrected chi connectivity index (χ4v) is 1.37. The van der Waals surface area contributed by atoms with Crippen LogP contribution in [0.1, 0.15) is 10.5 Å². The second kappa shape index (κ2) is 4.62. The number of nitrogens with two attached hydrogens (primary N) is 1. The fourth-order valence-electron chi connectivity index (χ4n) is 1.37. The first-order valence-corrected chi connectivity index (χ1v) is 4.72. The lowest BCUT2D eigenvalue weighted by atomic mass is 10.1. The Morgan fingerprint density at radius 2 is 2.29 bits per heavy atom. The number of hydrogen-bond donors (Lipinski definition) is 2. The predicted octanol–water partition coefficient (Wildman–Crippen LogP) is 0.511. The Labute approximate surface area is 96.5 Å². The van der Waals surface area contributed by atoms with Gasteiger partial charge in [0, 0.05) is 6.07 Å². The molecule has 2 rings (SSSR count). The van der Waals surface area contributed by atoms with Crippen LogP contribution in [-0.4, -0.2) is 28.3 Å². The van der Waals surface area contributed by atoms with Crippen molar-refractivity contribution in [2.45, 2.75) is 0 Å². The molecule has 7 nitrogen and oxygen atoms in total. The number of nitrogens with one attached hydrogen (secondary N) is 1. The van der Waals surface area contributed by atoms with E-state index < -0.39 is 5.97 Å². The van der Waals surface area contributed by atoms with Gasteiger partial charge in [0.25, 0.3) is 0 Å². The van der Waals surface area contributed by atoms with E-state index in [1.807, 2.05) is 0 Å². The summed E-state index contributed by atoms with van der Waals surface area (Å²) in [7, 11) is 1.51. The summed E-state index contributed by atoms with van der Waals surface area (Å²) in [6.07, 6.45) is 1.47. The Morgan fingerprint density at radius 3 is 3.00 bits per heavy atom. The molecular weight excluding hydrogens is 224 g/mol. The van der Waals surface area contributed by atoms with Crippen LogP contribution < -0.4 is 10.6 Å². The summed E-state index contributed by atoms with van der Waals surface area (Å²) in [4.78, 5) is 19.7. The molecule has 0 amide bonds. The minimum atomic E-state index is -0.706. The molecule has 0 spiro atoms. The van der Waals surface area contributed by atoms with E-state index in [9.17, 15) is 4.79 Å². The SMILES string of the molecule is COc1cccc(-c2cn[nH]c2C(=O)ON)n1. The second-order valence-corrected chi connectivity index (χ2v) is 3.13. The molecule has 17 heavy (non-hydrogen) atoms. The Hall–Kier alpha value is -2.41. The number of carbonyl (C=O) groups excluding carboxylic acids is 1. The summed E-state index contributed by atoms with van der Waals surface area (Å²) < 4.78 is 5.00. The molecule has 0 aliphatic rings. The van der Waals surface area contributed by atoms with Crippen molar-refractivity contribution in [3.05, 3.63) is 30.1 Å². The van der Waals surface area contributed by atoms with Gasteiger partial charge in [0.15, 0.2) is 5.69 Å². The minimum absolute atomic E-state index is 0.147. The van der Waals surface area contributed by atoms with Gasteiger partial charge in [-0.2, -0.15) is 11.0 Å². The number of hydrogen-bond acceptors (Lipinski definition) is 6. The molecule has 2 aromatic heterocycles. The standard InChI is InChI=1S/C10H10N4O3/c1-16-8-4-2-3-7(13-8)6-5-12-14-9(6)10(15)17-11/h2-5H,11H2,1H3,(H,12,14). The highest BCUT2D eigenvalue weighted by Crippen LogP contribution is 2.22. The maximum absolute atomic E-state index is 11.3. The molecule has 0 atom stereocenters. The third kappa shape index (κ3) is 2.08. The zero-order valence-corrected chi connectivity index (χ0v) is 9.01. The van der Waals surface area contributed by atoms with Crippen LogP contribution in [0.2, 0.25) is 0 Å². The number of pyridine rings is 1. The molecule has 7 heteroatoms. The Bertz CT molecular complexity index is 538. The van der Waals surface area contributed by atoms with Crippen LogP contribution >= 0.6 is 0 Å². The van der Waals surface area contributed by atoms with Gasteiger partial charge in [0.2, 0.25) is 5.88 Å². The molecule has 0 aliphatic carbocycles. The van der Waals surface area contributed by atoms with Gasteiger partial charge in [0.05, 0.1) is 24.6 Å². The topological polar surface area (TPSA) is 103 Å². The number of ether oxygens (including phenoxy) is 1. The van der Waals surface area contributed by atoms with E-state index in [1.54, 1.807) is 18.2 Å². The molecule has 0 saturated carbocycles. The normalized spacial score (nSPS) is 10.0. The molecule has 0 saturated heterocycles. The predicted molar refractivity (Wildman–Crippen MR) is 58.0 cm³/mol. The van der Waals surface area contributed by atoms with Crippen LogP contribution in [0, 0.1) is 0 Å². The number of methoxy groups -OCH3 is 1.